The molecule has 0 amide bonds. The van der Waals surface area contributed by atoms with Crippen LogP contribution in [0.5, 0.6) is 0 Å². The number of hydrogen-bond acceptors (Lipinski definition) is 2. The van der Waals surface area contributed by atoms with Crippen LogP contribution in [0, 0.1) is 0 Å². The first kappa shape index (κ1) is 10.6. The lowest BCUT2D eigenvalue weighted by Gasteiger charge is -2.19. The standard InChI is InChI=1S/C11H14BrN3/c1-11(2,13)7-4-5-8-9(6-7)15(3)14-10(8)12/h4-6H,13H2,1-3H3. The molecule has 0 fully saturated rings. The van der Waals surface area contributed by atoms with Crippen LogP contribution in [-0.4, -0.2) is 9.78 Å². The highest BCUT2D eigenvalue weighted by Crippen LogP contribution is 2.26. The summed E-state index contributed by atoms with van der Waals surface area (Å²) in [6.07, 6.45) is 0. The average Bonchev–Trinajstić information content (AvgIpc) is 2.41. The molecule has 3 nitrogen and oxygen atoms in total. The van der Waals surface area contributed by atoms with Crippen LogP contribution in [-0.2, 0) is 12.6 Å². The Morgan fingerprint density at radius 2 is 2.07 bits per heavy atom. The van der Waals surface area contributed by atoms with Crippen molar-refractivity contribution in [1.82, 2.24) is 9.78 Å². The SMILES string of the molecule is Cn1nc(Br)c2ccc(C(C)(C)N)cc21. The van der Waals surface area contributed by atoms with E-state index in [4.69, 9.17) is 5.73 Å². The van der Waals surface area contributed by atoms with E-state index >= 15 is 0 Å². The molecular weight excluding hydrogens is 254 g/mol. The molecule has 2 rings (SSSR count). The largest absolute Gasteiger partial charge is 0.322 e. The van der Waals surface area contributed by atoms with Crippen molar-refractivity contribution in [2.24, 2.45) is 12.8 Å². The first-order valence-electron chi connectivity index (χ1n) is 4.81. The van der Waals surface area contributed by atoms with Gasteiger partial charge >= 0.3 is 0 Å². The monoisotopic (exact) mass is 267 g/mol. The van der Waals surface area contributed by atoms with Crippen molar-refractivity contribution in [2.45, 2.75) is 19.4 Å². The van der Waals surface area contributed by atoms with E-state index in [1.165, 1.54) is 0 Å². The topological polar surface area (TPSA) is 43.8 Å². The molecule has 0 bridgehead atoms. The van der Waals surface area contributed by atoms with Crippen LogP contribution >= 0.6 is 15.9 Å². The molecule has 0 saturated heterocycles. The Labute approximate surface area is 97.4 Å². The summed E-state index contributed by atoms with van der Waals surface area (Å²) in [5.41, 5.74) is 7.96. The van der Waals surface area contributed by atoms with Crippen LogP contribution < -0.4 is 5.73 Å². The van der Waals surface area contributed by atoms with Gasteiger partial charge in [-0.25, -0.2) is 0 Å². The number of hydrogen-bond donors (Lipinski definition) is 1. The fourth-order valence-corrected chi connectivity index (χ4v) is 2.19. The Balaban J connectivity index is 2.71. The van der Waals surface area contributed by atoms with Gasteiger partial charge in [0.1, 0.15) is 4.60 Å². The smallest absolute Gasteiger partial charge is 0.135 e. The number of fused-ring (bicyclic) bond motifs is 1. The fraction of sp³-hybridized carbons (Fsp3) is 0.364. The molecule has 0 aliphatic carbocycles. The minimum Gasteiger partial charge on any atom is -0.322 e. The van der Waals surface area contributed by atoms with E-state index in [0.717, 1.165) is 21.1 Å². The molecular formula is C11H14BrN3. The van der Waals surface area contributed by atoms with Gasteiger partial charge in [0, 0.05) is 18.0 Å². The Morgan fingerprint density at radius 3 is 2.67 bits per heavy atom. The normalized spacial score (nSPS) is 12.3. The average molecular weight is 268 g/mol. The van der Waals surface area contributed by atoms with Crippen LogP contribution in [0.1, 0.15) is 19.4 Å². The van der Waals surface area contributed by atoms with E-state index < -0.39 is 0 Å². The lowest BCUT2D eigenvalue weighted by Crippen LogP contribution is -2.28. The first-order valence-corrected chi connectivity index (χ1v) is 5.60. The van der Waals surface area contributed by atoms with Gasteiger partial charge in [-0.2, -0.15) is 5.10 Å². The summed E-state index contributed by atoms with van der Waals surface area (Å²) < 4.78 is 2.73. The van der Waals surface area contributed by atoms with Gasteiger partial charge in [0.15, 0.2) is 0 Å². The number of benzene rings is 1. The zero-order valence-corrected chi connectivity index (χ0v) is 10.7. The van der Waals surface area contributed by atoms with Gasteiger partial charge in [0.2, 0.25) is 0 Å². The molecule has 0 atom stereocenters. The zero-order valence-electron chi connectivity index (χ0n) is 9.08. The molecule has 0 unspecified atom stereocenters. The van der Waals surface area contributed by atoms with Gasteiger partial charge in [0.05, 0.1) is 5.52 Å². The Bertz CT molecular complexity index is 508. The third-order valence-corrected chi connectivity index (χ3v) is 3.14. The maximum atomic E-state index is 6.06. The molecule has 0 spiro atoms. The maximum Gasteiger partial charge on any atom is 0.135 e. The lowest BCUT2D eigenvalue weighted by molar-refractivity contribution is 0.555. The van der Waals surface area contributed by atoms with Crippen molar-refractivity contribution in [3.05, 3.63) is 28.4 Å². The predicted octanol–water partition coefficient (Wildman–Crippen LogP) is 2.53. The zero-order chi connectivity index (χ0) is 11.2. The summed E-state index contributed by atoms with van der Waals surface area (Å²) in [5.74, 6) is 0. The number of rotatable bonds is 1. The minimum absolute atomic E-state index is 0.315. The Hall–Kier alpha value is -0.870. The van der Waals surface area contributed by atoms with Crippen molar-refractivity contribution >= 4 is 26.8 Å². The van der Waals surface area contributed by atoms with E-state index in [0.29, 0.717) is 0 Å². The molecule has 1 heterocycles. The highest BCUT2D eigenvalue weighted by atomic mass is 79.9. The van der Waals surface area contributed by atoms with Crippen LogP contribution in [0.2, 0.25) is 0 Å². The van der Waals surface area contributed by atoms with Crippen molar-refractivity contribution in [3.63, 3.8) is 0 Å². The molecule has 0 aliphatic heterocycles. The van der Waals surface area contributed by atoms with Gasteiger partial charge in [-0.3, -0.25) is 4.68 Å². The number of aromatic nitrogens is 2. The van der Waals surface area contributed by atoms with Crippen LogP contribution in [0.25, 0.3) is 10.9 Å². The van der Waals surface area contributed by atoms with Gasteiger partial charge in [-0.15, -0.1) is 0 Å². The summed E-state index contributed by atoms with van der Waals surface area (Å²) in [6, 6.07) is 6.19. The highest BCUT2D eigenvalue weighted by Gasteiger charge is 2.16. The van der Waals surface area contributed by atoms with Crippen molar-refractivity contribution in [3.8, 4) is 0 Å². The molecule has 0 aliphatic rings. The summed E-state index contributed by atoms with van der Waals surface area (Å²) in [6.45, 7) is 4.00. The molecule has 1 aromatic heterocycles. The third-order valence-electron chi connectivity index (χ3n) is 2.55. The van der Waals surface area contributed by atoms with E-state index in [-0.39, 0.29) is 5.54 Å². The predicted molar refractivity (Wildman–Crippen MR) is 65.6 cm³/mol. The van der Waals surface area contributed by atoms with E-state index in [1.807, 2.05) is 25.6 Å². The highest BCUT2D eigenvalue weighted by molar-refractivity contribution is 9.10. The first-order chi connectivity index (χ1) is 6.89. The number of nitrogens with two attached hydrogens (primary N) is 1. The van der Waals surface area contributed by atoms with E-state index in [9.17, 15) is 0 Å². The number of aryl methyl sites for hydroxylation is 1. The van der Waals surface area contributed by atoms with Crippen LogP contribution in [0.4, 0.5) is 0 Å². The molecule has 80 valence electrons. The number of halogens is 1. The van der Waals surface area contributed by atoms with Gasteiger partial charge in [-0.1, -0.05) is 6.07 Å². The molecule has 4 heteroatoms. The molecule has 2 aromatic rings. The van der Waals surface area contributed by atoms with Crippen molar-refractivity contribution in [1.29, 1.82) is 0 Å². The van der Waals surface area contributed by atoms with Crippen molar-refractivity contribution in [2.75, 3.05) is 0 Å². The quantitative estimate of drug-likeness (QED) is 0.863. The Kier molecular flexibility index (Phi) is 2.35. The molecule has 15 heavy (non-hydrogen) atoms. The molecule has 2 N–H and O–H groups in total. The summed E-state index contributed by atoms with van der Waals surface area (Å²) in [4.78, 5) is 0. The summed E-state index contributed by atoms with van der Waals surface area (Å²) in [5, 5.41) is 5.42. The summed E-state index contributed by atoms with van der Waals surface area (Å²) in [7, 11) is 1.93. The molecule has 0 saturated carbocycles. The minimum atomic E-state index is -0.315. The molecule has 0 radical (unpaired) electrons. The third kappa shape index (κ3) is 1.79. The van der Waals surface area contributed by atoms with Gasteiger partial charge in [0.25, 0.3) is 0 Å². The van der Waals surface area contributed by atoms with E-state index in [2.05, 4.69) is 39.2 Å². The van der Waals surface area contributed by atoms with Crippen molar-refractivity contribution < 1.29 is 0 Å². The fourth-order valence-electron chi connectivity index (χ4n) is 1.61. The second-order valence-electron chi connectivity index (χ2n) is 4.37. The lowest BCUT2D eigenvalue weighted by atomic mass is 9.95. The Morgan fingerprint density at radius 1 is 1.40 bits per heavy atom. The maximum absolute atomic E-state index is 6.06. The van der Waals surface area contributed by atoms with Crippen LogP contribution in [0.15, 0.2) is 22.8 Å². The number of nitrogens with zero attached hydrogens (tertiary/aromatic N) is 2. The second kappa shape index (κ2) is 3.32. The van der Waals surface area contributed by atoms with Gasteiger partial charge < -0.3 is 5.73 Å². The van der Waals surface area contributed by atoms with E-state index in [1.54, 1.807) is 0 Å². The van der Waals surface area contributed by atoms with Gasteiger partial charge in [-0.05, 0) is 47.5 Å². The van der Waals surface area contributed by atoms with Crippen LogP contribution in [0.3, 0.4) is 0 Å². The molecule has 1 aromatic carbocycles. The summed E-state index contributed by atoms with van der Waals surface area (Å²) >= 11 is 3.43. The second-order valence-corrected chi connectivity index (χ2v) is 5.12.